The highest BCUT2D eigenvalue weighted by Crippen LogP contribution is 2.41. The molecule has 0 aliphatic carbocycles. The first-order valence-corrected chi connectivity index (χ1v) is 24.6. The maximum Gasteiger partial charge on any atom is 0.317 e. The van der Waals surface area contributed by atoms with Crippen molar-refractivity contribution in [1.82, 2.24) is 0 Å². The van der Waals surface area contributed by atoms with Gasteiger partial charge >= 0.3 is 8.56 Å². The minimum atomic E-state index is -2.28. The summed E-state index contributed by atoms with van der Waals surface area (Å²) in [7, 11) is -5.94. The van der Waals surface area contributed by atoms with Crippen LogP contribution in [0.5, 0.6) is 0 Å². The van der Waals surface area contributed by atoms with E-state index in [2.05, 4.69) is 55.4 Å². The van der Waals surface area contributed by atoms with Crippen LogP contribution in [0, 0.1) is 0 Å². The Labute approximate surface area is 239 Å². The highest BCUT2D eigenvalue weighted by molar-refractivity contribution is 6.90. The predicted octanol–water partition coefficient (Wildman–Crippen LogP) is 12.8. The third-order valence-corrected chi connectivity index (χ3v) is 24.8. The average molecular weight is 573 g/mol. The molecule has 0 saturated heterocycles. The normalized spacial score (nSPS) is 13.0. The van der Waals surface area contributed by atoms with E-state index in [1.165, 1.54) is 151 Å². The summed E-state index contributed by atoms with van der Waals surface area (Å²) in [6, 6.07) is 10.8. The molecule has 0 rings (SSSR count). The van der Waals surface area contributed by atoms with Crippen LogP contribution in [0.4, 0.5) is 0 Å². The van der Waals surface area contributed by atoms with Gasteiger partial charge < -0.3 is 8.23 Å². The molecule has 0 N–H and O–H groups in total. The van der Waals surface area contributed by atoms with E-state index in [-0.39, 0.29) is 0 Å². The number of hydrogen-bond donors (Lipinski definition) is 0. The lowest BCUT2D eigenvalue weighted by atomic mass is 10.4. The van der Waals surface area contributed by atoms with Crippen molar-refractivity contribution in [2.45, 2.75) is 206 Å². The van der Waals surface area contributed by atoms with Crippen molar-refractivity contribution >= 4 is 25.2 Å². The van der Waals surface area contributed by atoms with Crippen molar-refractivity contribution in [2.75, 3.05) is 0 Å². The topological polar surface area (TPSA) is 18.5 Å². The second-order valence-corrected chi connectivity index (χ2v) is 24.5. The van der Waals surface area contributed by atoms with Gasteiger partial charge in [-0.2, -0.15) is 0 Å². The summed E-state index contributed by atoms with van der Waals surface area (Å²) in [4.78, 5) is 0. The largest absolute Gasteiger partial charge is 0.436 e. The summed E-state index contributed by atoms with van der Waals surface area (Å²) in [5, 5.41) is 0. The highest BCUT2D eigenvalue weighted by Gasteiger charge is 2.50. The molecule has 37 heavy (non-hydrogen) atoms. The first-order valence-electron chi connectivity index (χ1n) is 17.3. The van der Waals surface area contributed by atoms with Crippen LogP contribution in [0.25, 0.3) is 0 Å². The molecule has 5 heteroatoms. The van der Waals surface area contributed by atoms with Gasteiger partial charge in [0, 0.05) is 0 Å². The lowest BCUT2D eigenvalue weighted by Gasteiger charge is -2.48. The summed E-state index contributed by atoms with van der Waals surface area (Å²) in [6.07, 6.45) is 21.1. The fraction of sp³-hybridized carbons (Fsp3) is 1.00. The van der Waals surface area contributed by atoms with Gasteiger partial charge in [0.15, 0.2) is 16.6 Å². The fourth-order valence-electron chi connectivity index (χ4n) is 6.08. The molecular formula is C32H72O2Si3. The third kappa shape index (κ3) is 15.8. The number of rotatable bonds is 28. The lowest BCUT2D eigenvalue weighted by Crippen LogP contribution is -2.59. The van der Waals surface area contributed by atoms with Gasteiger partial charge in [0.05, 0.1) is 0 Å². The Morgan fingerprint density at radius 1 is 0.297 bits per heavy atom. The molecule has 0 spiro atoms. The van der Waals surface area contributed by atoms with Crippen molar-refractivity contribution in [3.63, 3.8) is 0 Å². The second-order valence-electron chi connectivity index (χ2n) is 12.3. The summed E-state index contributed by atoms with van der Waals surface area (Å²) >= 11 is 0. The van der Waals surface area contributed by atoms with E-state index in [1.807, 2.05) is 0 Å². The molecule has 0 amide bonds. The zero-order valence-electron chi connectivity index (χ0n) is 27.3. The Balaban J connectivity index is 6.67. The Hall–Kier alpha value is 0.571. The molecule has 0 aliphatic rings. The molecule has 0 atom stereocenters. The fourth-order valence-corrected chi connectivity index (χ4v) is 26.5. The summed E-state index contributed by atoms with van der Waals surface area (Å²) in [5.74, 6) is 0. The van der Waals surface area contributed by atoms with Gasteiger partial charge in [0.2, 0.25) is 0 Å². The van der Waals surface area contributed by atoms with Crippen molar-refractivity contribution in [3.8, 4) is 0 Å². The molecule has 0 radical (unpaired) electrons. The van der Waals surface area contributed by atoms with Crippen LogP contribution < -0.4 is 0 Å². The summed E-state index contributed by atoms with van der Waals surface area (Å²) < 4.78 is 16.0. The van der Waals surface area contributed by atoms with E-state index < -0.39 is 25.2 Å². The molecule has 0 fully saturated rings. The minimum absolute atomic E-state index is 1.27. The monoisotopic (exact) mass is 572 g/mol. The molecule has 224 valence electrons. The van der Waals surface area contributed by atoms with E-state index in [0.29, 0.717) is 0 Å². The van der Waals surface area contributed by atoms with Crippen LogP contribution in [0.2, 0.25) is 48.4 Å². The van der Waals surface area contributed by atoms with Crippen LogP contribution in [0.15, 0.2) is 0 Å². The van der Waals surface area contributed by atoms with Gasteiger partial charge in [0.1, 0.15) is 0 Å². The van der Waals surface area contributed by atoms with Gasteiger partial charge in [0.25, 0.3) is 0 Å². The van der Waals surface area contributed by atoms with Gasteiger partial charge in [-0.05, 0) is 48.4 Å². The Bertz CT molecular complexity index is 413. The predicted molar refractivity (Wildman–Crippen MR) is 177 cm³/mol. The Morgan fingerprint density at radius 2 is 0.486 bits per heavy atom. The molecule has 0 unspecified atom stereocenters. The first kappa shape index (κ1) is 37.6. The van der Waals surface area contributed by atoms with Gasteiger partial charge in [-0.15, -0.1) is 0 Å². The smallest absolute Gasteiger partial charge is 0.317 e. The zero-order valence-corrected chi connectivity index (χ0v) is 30.3. The van der Waals surface area contributed by atoms with Crippen molar-refractivity contribution in [2.24, 2.45) is 0 Å². The van der Waals surface area contributed by atoms with Gasteiger partial charge in [-0.25, -0.2) is 0 Å². The molecule has 0 aromatic carbocycles. The highest BCUT2D eigenvalue weighted by atomic mass is 28.5. The molecule has 0 aliphatic heterocycles. The van der Waals surface area contributed by atoms with E-state index >= 15 is 0 Å². The Morgan fingerprint density at radius 3 is 0.676 bits per heavy atom. The molecule has 0 heterocycles. The number of hydrogen-bond acceptors (Lipinski definition) is 2. The Kier molecular flexibility index (Phi) is 23.7. The van der Waals surface area contributed by atoms with Crippen LogP contribution in [0.1, 0.15) is 158 Å². The van der Waals surface area contributed by atoms with Crippen LogP contribution in [-0.2, 0) is 8.23 Å². The minimum Gasteiger partial charge on any atom is -0.436 e. The van der Waals surface area contributed by atoms with E-state index in [1.54, 1.807) is 0 Å². The van der Waals surface area contributed by atoms with Gasteiger partial charge in [-0.1, -0.05) is 158 Å². The van der Waals surface area contributed by atoms with Crippen LogP contribution in [-0.4, -0.2) is 25.2 Å². The summed E-state index contributed by atoms with van der Waals surface area (Å²) in [6.45, 7) is 19.0. The average Bonchev–Trinajstić information content (AvgIpc) is 2.92. The zero-order chi connectivity index (χ0) is 27.9. The van der Waals surface area contributed by atoms with Crippen molar-refractivity contribution in [3.05, 3.63) is 0 Å². The molecule has 0 bridgehead atoms. The van der Waals surface area contributed by atoms with Crippen LogP contribution >= 0.6 is 0 Å². The third-order valence-electron chi connectivity index (χ3n) is 8.54. The lowest BCUT2D eigenvalue weighted by molar-refractivity contribution is 0.343. The maximum absolute atomic E-state index is 8.02. The maximum atomic E-state index is 8.02. The standard InChI is InChI=1S/C32H72O2Si3/c1-9-17-25-35(26-18-10-2,27-19-11-3)33-37(31-23-15-7,32-24-16-8)34-36(28-20-12-4,29-21-13-5)30-22-14-6/h9-32H2,1-8H3. The van der Waals surface area contributed by atoms with E-state index in [9.17, 15) is 0 Å². The molecule has 0 saturated carbocycles. The quantitative estimate of drug-likeness (QED) is 0.0868. The first-order chi connectivity index (χ1) is 17.9. The SMILES string of the molecule is CCCC[Si](CCCC)(CCCC)O[Si](CCCC)(CCCC)O[Si](CCCC)(CCCC)CCCC. The van der Waals surface area contributed by atoms with Crippen LogP contribution in [0.3, 0.4) is 0 Å². The second kappa shape index (κ2) is 23.3. The molecule has 0 aromatic heterocycles. The number of unbranched alkanes of at least 4 members (excludes halogenated alkanes) is 8. The molecule has 2 nitrogen and oxygen atoms in total. The molecule has 0 aromatic rings. The molecular weight excluding hydrogens is 501 g/mol. The van der Waals surface area contributed by atoms with E-state index in [4.69, 9.17) is 8.23 Å². The van der Waals surface area contributed by atoms with E-state index in [0.717, 1.165) is 0 Å². The van der Waals surface area contributed by atoms with Gasteiger partial charge in [-0.3, -0.25) is 0 Å². The van der Waals surface area contributed by atoms with Crippen molar-refractivity contribution in [1.29, 1.82) is 0 Å². The van der Waals surface area contributed by atoms with Crippen molar-refractivity contribution < 1.29 is 8.23 Å². The summed E-state index contributed by atoms with van der Waals surface area (Å²) in [5.41, 5.74) is 0.